The molecule has 2 aromatic carbocycles. The zero-order chi connectivity index (χ0) is 14.3. The second-order valence-corrected chi connectivity index (χ2v) is 6.94. The first-order chi connectivity index (χ1) is 10.3. The van der Waals surface area contributed by atoms with Gasteiger partial charge in [-0.1, -0.05) is 73.0 Å². The molecule has 0 heterocycles. The maximum atomic E-state index is 3.60. The summed E-state index contributed by atoms with van der Waals surface area (Å²) in [7, 11) is 3.60. The van der Waals surface area contributed by atoms with Crippen LogP contribution >= 0.6 is 0 Å². The van der Waals surface area contributed by atoms with E-state index in [1.165, 1.54) is 48.8 Å². The minimum Gasteiger partial charge on any atom is -0.0673 e. The van der Waals surface area contributed by atoms with Crippen LogP contribution in [0.1, 0.15) is 48.8 Å². The van der Waals surface area contributed by atoms with Crippen LogP contribution in [0.5, 0.6) is 0 Å². The van der Waals surface area contributed by atoms with E-state index in [1.54, 1.807) is 5.56 Å². The van der Waals surface area contributed by atoms with Crippen molar-refractivity contribution in [2.75, 3.05) is 0 Å². The molecular formula is C20H19Si. The molecule has 0 aliphatic heterocycles. The van der Waals surface area contributed by atoms with Gasteiger partial charge in [0.15, 0.2) is 0 Å². The average Bonchev–Trinajstić information content (AvgIpc) is 2.84. The Kier molecular flexibility index (Phi) is 3.11. The van der Waals surface area contributed by atoms with Gasteiger partial charge in [-0.15, -0.1) is 0 Å². The third kappa shape index (κ3) is 2.03. The maximum absolute atomic E-state index is 3.60. The summed E-state index contributed by atoms with van der Waals surface area (Å²) in [6, 6.07) is 17.8. The zero-order valence-corrected chi connectivity index (χ0v) is 13.2. The third-order valence-electron chi connectivity index (χ3n) is 5.19. The number of benzene rings is 2. The fourth-order valence-electron chi connectivity index (χ4n) is 4.20. The number of hydrogen-bond acceptors (Lipinski definition) is 0. The van der Waals surface area contributed by atoms with Crippen LogP contribution in [0.3, 0.4) is 0 Å². The quantitative estimate of drug-likeness (QED) is 0.688. The summed E-state index contributed by atoms with van der Waals surface area (Å²) in [5, 5.41) is 1.15. The van der Waals surface area contributed by atoms with E-state index in [4.69, 9.17) is 0 Å². The van der Waals surface area contributed by atoms with E-state index >= 15 is 0 Å². The van der Waals surface area contributed by atoms with Crippen LogP contribution in [0.4, 0.5) is 0 Å². The molecule has 0 aromatic heterocycles. The number of fused-ring (bicyclic) bond motifs is 2. The summed E-state index contributed by atoms with van der Waals surface area (Å²) in [4.78, 5) is 0. The van der Waals surface area contributed by atoms with Gasteiger partial charge in [-0.25, -0.2) is 0 Å². The second kappa shape index (κ2) is 4.99. The molecule has 0 nitrogen and oxygen atoms in total. The Bertz CT molecular complexity index is 688. The van der Waals surface area contributed by atoms with E-state index in [1.807, 2.05) is 0 Å². The van der Waals surface area contributed by atoms with Crippen molar-refractivity contribution in [2.24, 2.45) is 0 Å². The van der Waals surface area contributed by atoms with Crippen LogP contribution in [0.25, 0.3) is 11.6 Å². The van der Waals surface area contributed by atoms with Crippen molar-refractivity contribution in [2.45, 2.75) is 37.5 Å². The van der Waals surface area contributed by atoms with Crippen molar-refractivity contribution >= 4 is 27.1 Å². The van der Waals surface area contributed by atoms with Gasteiger partial charge in [0, 0.05) is 5.41 Å². The minimum absolute atomic E-state index is 0.266. The van der Waals surface area contributed by atoms with Crippen LogP contribution in [0.2, 0.25) is 0 Å². The lowest BCUT2D eigenvalue weighted by molar-refractivity contribution is 0.372. The van der Waals surface area contributed by atoms with E-state index in [0.717, 1.165) is 5.19 Å². The zero-order valence-electron chi connectivity index (χ0n) is 12.2. The first-order valence-corrected chi connectivity index (χ1v) is 8.43. The molecule has 2 aliphatic carbocycles. The molecule has 0 bridgehead atoms. The van der Waals surface area contributed by atoms with Gasteiger partial charge < -0.3 is 0 Å². The molecule has 0 atom stereocenters. The Balaban J connectivity index is 1.87. The predicted octanol–water partition coefficient (Wildman–Crippen LogP) is 4.24. The molecule has 0 N–H and O–H groups in total. The summed E-state index contributed by atoms with van der Waals surface area (Å²) in [6.45, 7) is 0. The summed E-state index contributed by atoms with van der Waals surface area (Å²) in [6.07, 6.45) is 9.11. The molecule has 1 fully saturated rings. The molecule has 0 saturated heterocycles. The average molecular weight is 287 g/mol. The van der Waals surface area contributed by atoms with Crippen LogP contribution in [-0.4, -0.2) is 10.2 Å². The van der Waals surface area contributed by atoms with Gasteiger partial charge in [0.25, 0.3) is 0 Å². The first-order valence-electron chi connectivity index (χ1n) is 7.93. The van der Waals surface area contributed by atoms with Gasteiger partial charge in [0.05, 0.1) is 10.2 Å². The van der Waals surface area contributed by atoms with E-state index in [9.17, 15) is 0 Å². The molecule has 0 amide bonds. The summed E-state index contributed by atoms with van der Waals surface area (Å²) in [5.41, 5.74) is 6.17. The molecule has 1 spiro atoms. The van der Waals surface area contributed by atoms with Crippen molar-refractivity contribution in [3.05, 3.63) is 65.2 Å². The predicted molar refractivity (Wildman–Crippen MR) is 90.9 cm³/mol. The van der Waals surface area contributed by atoms with Crippen molar-refractivity contribution < 1.29 is 0 Å². The van der Waals surface area contributed by atoms with Gasteiger partial charge >= 0.3 is 0 Å². The summed E-state index contributed by atoms with van der Waals surface area (Å²) >= 11 is 0. The topological polar surface area (TPSA) is 0 Å². The highest BCUT2D eigenvalue weighted by Gasteiger charge is 2.42. The van der Waals surface area contributed by atoms with Gasteiger partial charge in [-0.2, -0.15) is 0 Å². The van der Waals surface area contributed by atoms with Crippen molar-refractivity contribution in [1.82, 2.24) is 0 Å². The molecule has 103 valence electrons. The van der Waals surface area contributed by atoms with Crippen molar-refractivity contribution in [3.63, 3.8) is 0 Å². The lowest BCUT2D eigenvalue weighted by atomic mass is 9.66. The maximum Gasteiger partial charge on any atom is 0.0711 e. The van der Waals surface area contributed by atoms with E-state index < -0.39 is 0 Å². The van der Waals surface area contributed by atoms with Gasteiger partial charge in [0.2, 0.25) is 0 Å². The highest BCUT2D eigenvalue weighted by atomic mass is 28.1. The van der Waals surface area contributed by atoms with E-state index in [2.05, 4.69) is 64.8 Å². The Morgan fingerprint density at radius 1 is 0.810 bits per heavy atom. The third-order valence-corrected chi connectivity index (χ3v) is 5.53. The molecule has 0 unspecified atom stereocenters. The summed E-state index contributed by atoms with van der Waals surface area (Å²) < 4.78 is 0. The monoisotopic (exact) mass is 287 g/mol. The standard InChI is InChI=1S/C20H19Si/c21-17-10-8-15(9-11-17)19-14-16-6-2-3-7-18(16)20(19)12-4-1-5-13-20/h2-3,6-11,14H,1,4-5,12-13H2. The Morgan fingerprint density at radius 3 is 2.29 bits per heavy atom. The number of rotatable bonds is 1. The van der Waals surface area contributed by atoms with Crippen molar-refractivity contribution in [3.8, 4) is 0 Å². The van der Waals surface area contributed by atoms with E-state index in [-0.39, 0.29) is 5.41 Å². The van der Waals surface area contributed by atoms with E-state index in [0.29, 0.717) is 0 Å². The highest BCUT2D eigenvalue weighted by Crippen LogP contribution is 2.54. The molecule has 21 heavy (non-hydrogen) atoms. The molecule has 2 aromatic rings. The Labute approximate surface area is 130 Å². The Hall–Kier alpha value is -1.60. The smallest absolute Gasteiger partial charge is 0.0673 e. The van der Waals surface area contributed by atoms with Crippen LogP contribution in [0.15, 0.2) is 48.5 Å². The fraction of sp³-hybridized carbons (Fsp3) is 0.300. The molecule has 4 rings (SSSR count). The molecule has 2 aliphatic rings. The number of allylic oxidation sites excluding steroid dienone is 1. The highest BCUT2D eigenvalue weighted by molar-refractivity contribution is 6.32. The van der Waals surface area contributed by atoms with Gasteiger partial charge in [0.1, 0.15) is 0 Å². The first kappa shape index (κ1) is 13.1. The molecular weight excluding hydrogens is 268 g/mol. The SMILES string of the molecule is [Si]c1ccc(C2=Cc3ccccc3C23CCCCC3)cc1. The van der Waals surface area contributed by atoms with Crippen LogP contribution in [0, 0.1) is 0 Å². The lowest BCUT2D eigenvalue weighted by Crippen LogP contribution is -2.28. The molecule has 3 radical (unpaired) electrons. The fourth-order valence-corrected chi connectivity index (χ4v) is 4.37. The largest absolute Gasteiger partial charge is 0.0711 e. The Morgan fingerprint density at radius 2 is 1.52 bits per heavy atom. The van der Waals surface area contributed by atoms with Crippen LogP contribution < -0.4 is 5.19 Å². The normalized spacial score (nSPS) is 19.4. The summed E-state index contributed by atoms with van der Waals surface area (Å²) in [5.74, 6) is 0. The minimum atomic E-state index is 0.266. The molecule has 1 heteroatoms. The number of hydrogen-bond donors (Lipinski definition) is 0. The van der Waals surface area contributed by atoms with Crippen LogP contribution in [-0.2, 0) is 5.41 Å². The second-order valence-electron chi connectivity index (χ2n) is 6.37. The van der Waals surface area contributed by atoms with Crippen molar-refractivity contribution in [1.29, 1.82) is 0 Å². The lowest BCUT2D eigenvalue weighted by Gasteiger charge is -2.38. The van der Waals surface area contributed by atoms with Gasteiger partial charge in [-0.3, -0.25) is 0 Å². The van der Waals surface area contributed by atoms with Gasteiger partial charge in [-0.05, 0) is 41.2 Å². The molecule has 1 saturated carbocycles.